The molecule has 0 atom stereocenters. The summed E-state index contributed by atoms with van der Waals surface area (Å²) < 4.78 is 2.03. The van der Waals surface area contributed by atoms with Crippen molar-refractivity contribution < 1.29 is 0 Å². The van der Waals surface area contributed by atoms with E-state index in [1.165, 1.54) is 5.56 Å². The van der Waals surface area contributed by atoms with E-state index in [9.17, 15) is 0 Å². The minimum atomic E-state index is 0.355. The number of hydrogen-bond donors (Lipinski definition) is 1. The van der Waals surface area contributed by atoms with E-state index in [1.54, 1.807) is 0 Å². The van der Waals surface area contributed by atoms with Crippen LogP contribution in [0.4, 0.5) is 5.69 Å². The van der Waals surface area contributed by atoms with Crippen molar-refractivity contribution in [3.8, 4) is 11.3 Å². The van der Waals surface area contributed by atoms with Gasteiger partial charge in [0, 0.05) is 35.6 Å². The number of nitrogens with zero attached hydrogens (tertiary/aromatic N) is 2. The summed E-state index contributed by atoms with van der Waals surface area (Å²) in [6, 6.07) is 21.0. The second kappa shape index (κ2) is 6.48. The molecule has 0 fully saturated rings. The highest BCUT2D eigenvalue weighted by Gasteiger charge is 2.12. The Labute approximate surface area is 131 Å². The summed E-state index contributed by atoms with van der Waals surface area (Å²) in [5, 5.41) is 8.24. The van der Waals surface area contributed by atoms with Crippen LogP contribution in [0.2, 0.25) is 0 Å². The Hall–Kier alpha value is -2.55. The van der Waals surface area contributed by atoms with Crippen LogP contribution in [0.25, 0.3) is 11.3 Å². The number of para-hydroxylation sites is 1. The van der Waals surface area contributed by atoms with Crippen LogP contribution in [-0.4, -0.2) is 9.78 Å². The maximum atomic E-state index is 4.77. The molecule has 1 heterocycles. The molecular weight excluding hydrogens is 270 g/mol. The van der Waals surface area contributed by atoms with Crippen LogP contribution in [0.5, 0.6) is 0 Å². The lowest BCUT2D eigenvalue weighted by Crippen LogP contribution is -2.01. The van der Waals surface area contributed by atoms with Crippen molar-refractivity contribution in [3.63, 3.8) is 0 Å². The molecule has 3 aromatic rings. The summed E-state index contributed by atoms with van der Waals surface area (Å²) >= 11 is 0. The van der Waals surface area contributed by atoms with Gasteiger partial charge in [-0.1, -0.05) is 48.5 Å². The highest BCUT2D eigenvalue weighted by atomic mass is 15.3. The zero-order valence-corrected chi connectivity index (χ0v) is 13.0. The van der Waals surface area contributed by atoms with E-state index >= 15 is 0 Å². The first kappa shape index (κ1) is 14.4. The van der Waals surface area contributed by atoms with Gasteiger partial charge in [-0.3, -0.25) is 4.68 Å². The average Bonchev–Trinajstić information content (AvgIpc) is 2.99. The molecule has 3 rings (SSSR count). The number of aromatic nitrogens is 2. The molecule has 0 saturated heterocycles. The summed E-state index contributed by atoms with van der Waals surface area (Å²) in [5.41, 5.74) is 4.55. The molecule has 0 saturated carbocycles. The highest BCUT2D eigenvalue weighted by Crippen LogP contribution is 2.24. The topological polar surface area (TPSA) is 29.9 Å². The molecular formula is C19H21N3. The van der Waals surface area contributed by atoms with Crippen LogP contribution in [0.1, 0.15) is 25.5 Å². The molecule has 0 radical (unpaired) electrons. The first-order valence-electron chi connectivity index (χ1n) is 7.66. The Kier molecular flexibility index (Phi) is 4.24. The monoisotopic (exact) mass is 291 g/mol. The molecule has 0 spiro atoms. The Morgan fingerprint density at radius 3 is 2.23 bits per heavy atom. The number of nitrogens with one attached hydrogen (secondary N) is 1. The molecule has 1 aromatic heterocycles. The zero-order chi connectivity index (χ0) is 15.4. The van der Waals surface area contributed by atoms with E-state index in [2.05, 4.69) is 61.8 Å². The van der Waals surface area contributed by atoms with Gasteiger partial charge in [0.05, 0.1) is 5.69 Å². The lowest BCUT2D eigenvalue weighted by atomic mass is 10.1. The van der Waals surface area contributed by atoms with Crippen molar-refractivity contribution in [2.75, 3.05) is 5.32 Å². The van der Waals surface area contributed by atoms with Crippen LogP contribution in [0.3, 0.4) is 0 Å². The van der Waals surface area contributed by atoms with E-state index in [0.717, 1.165) is 23.5 Å². The van der Waals surface area contributed by atoms with Crippen molar-refractivity contribution in [3.05, 3.63) is 72.4 Å². The molecule has 112 valence electrons. The third-order valence-electron chi connectivity index (χ3n) is 3.64. The number of benzene rings is 2. The van der Waals surface area contributed by atoms with E-state index < -0.39 is 0 Å². The van der Waals surface area contributed by atoms with E-state index in [1.807, 2.05) is 28.9 Å². The van der Waals surface area contributed by atoms with E-state index in [-0.39, 0.29) is 0 Å². The van der Waals surface area contributed by atoms with Crippen LogP contribution in [0, 0.1) is 0 Å². The second-order valence-corrected chi connectivity index (χ2v) is 5.66. The van der Waals surface area contributed by atoms with Gasteiger partial charge >= 0.3 is 0 Å². The maximum Gasteiger partial charge on any atom is 0.0973 e. The smallest absolute Gasteiger partial charge is 0.0973 e. The van der Waals surface area contributed by atoms with Gasteiger partial charge in [-0.25, -0.2) is 0 Å². The first-order chi connectivity index (χ1) is 10.7. The van der Waals surface area contributed by atoms with Gasteiger partial charge in [0.15, 0.2) is 0 Å². The van der Waals surface area contributed by atoms with Crippen LogP contribution in [-0.2, 0) is 6.54 Å². The summed E-state index contributed by atoms with van der Waals surface area (Å²) in [5.74, 6) is 0. The zero-order valence-electron chi connectivity index (χ0n) is 13.0. The molecule has 3 heteroatoms. The van der Waals surface area contributed by atoms with Crippen LogP contribution >= 0.6 is 0 Å². The van der Waals surface area contributed by atoms with Crippen LogP contribution in [0.15, 0.2) is 66.9 Å². The van der Waals surface area contributed by atoms with E-state index in [0.29, 0.717) is 6.04 Å². The molecule has 0 unspecified atom stereocenters. The Morgan fingerprint density at radius 1 is 0.955 bits per heavy atom. The highest BCUT2D eigenvalue weighted by molar-refractivity contribution is 5.63. The molecule has 0 amide bonds. The molecule has 2 aromatic carbocycles. The largest absolute Gasteiger partial charge is 0.381 e. The van der Waals surface area contributed by atoms with Crippen molar-refractivity contribution in [2.45, 2.75) is 26.4 Å². The Bertz CT molecular complexity index is 715. The minimum Gasteiger partial charge on any atom is -0.381 e. The third kappa shape index (κ3) is 3.19. The van der Waals surface area contributed by atoms with Gasteiger partial charge in [0.25, 0.3) is 0 Å². The second-order valence-electron chi connectivity index (χ2n) is 5.66. The fraction of sp³-hybridized carbons (Fsp3) is 0.211. The van der Waals surface area contributed by atoms with Gasteiger partial charge < -0.3 is 5.32 Å². The SMILES string of the molecule is CC(C)n1cc(CNc2ccccc2)c(-c2ccccc2)n1. The van der Waals surface area contributed by atoms with Crippen LogP contribution < -0.4 is 5.32 Å². The first-order valence-corrected chi connectivity index (χ1v) is 7.66. The van der Waals surface area contributed by atoms with Crippen molar-refractivity contribution >= 4 is 5.69 Å². The summed E-state index contributed by atoms with van der Waals surface area (Å²) in [6.07, 6.45) is 2.14. The number of hydrogen-bond acceptors (Lipinski definition) is 2. The molecule has 22 heavy (non-hydrogen) atoms. The summed E-state index contributed by atoms with van der Waals surface area (Å²) in [4.78, 5) is 0. The maximum absolute atomic E-state index is 4.77. The molecule has 3 nitrogen and oxygen atoms in total. The molecule has 0 bridgehead atoms. The van der Waals surface area contributed by atoms with Crippen molar-refractivity contribution in [1.82, 2.24) is 9.78 Å². The number of rotatable bonds is 5. The Morgan fingerprint density at radius 2 is 1.59 bits per heavy atom. The third-order valence-corrected chi connectivity index (χ3v) is 3.64. The van der Waals surface area contributed by atoms with Crippen molar-refractivity contribution in [1.29, 1.82) is 0 Å². The normalized spacial score (nSPS) is 10.9. The molecule has 0 aliphatic heterocycles. The predicted molar refractivity (Wildman–Crippen MR) is 91.8 cm³/mol. The molecule has 0 aliphatic carbocycles. The number of anilines is 1. The Balaban J connectivity index is 1.89. The fourth-order valence-corrected chi connectivity index (χ4v) is 2.42. The minimum absolute atomic E-state index is 0.355. The van der Waals surface area contributed by atoms with Gasteiger partial charge in [0.2, 0.25) is 0 Å². The fourth-order valence-electron chi connectivity index (χ4n) is 2.42. The van der Waals surface area contributed by atoms with Gasteiger partial charge in [-0.2, -0.15) is 5.10 Å². The average molecular weight is 291 g/mol. The van der Waals surface area contributed by atoms with Crippen molar-refractivity contribution in [2.24, 2.45) is 0 Å². The lowest BCUT2D eigenvalue weighted by molar-refractivity contribution is 0.533. The van der Waals surface area contributed by atoms with Gasteiger partial charge in [-0.15, -0.1) is 0 Å². The van der Waals surface area contributed by atoms with E-state index in [4.69, 9.17) is 5.10 Å². The van der Waals surface area contributed by atoms with Gasteiger partial charge in [-0.05, 0) is 26.0 Å². The predicted octanol–water partition coefficient (Wildman–Crippen LogP) is 4.74. The summed E-state index contributed by atoms with van der Waals surface area (Å²) in [6.45, 7) is 5.06. The lowest BCUT2D eigenvalue weighted by Gasteiger charge is -2.06. The molecule has 1 N–H and O–H groups in total. The summed E-state index contributed by atoms with van der Waals surface area (Å²) in [7, 11) is 0. The molecule has 0 aliphatic rings. The standard InChI is InChI=1S/C19H21N3/c1-15(2)22-14-17(13-20-18-11-7-4-8-12-18)19(21-22)16-9-5-3-6-10-16/h3-12,14-15,20H,13H2,1-2H3. The van der Waals surface area contributed by atoms with Gasteiger partial charge in [0.1, 0.15) is 0 Å². The quantitative estimate of drug-likeness (QED) is 0.735.